The Bertz CT molecular complexity index is 762. The van der Waals surface area contributed by atoms with Crippen LogP contribution in [-0.4, -0.2) is 25.5 Å². The first kappa shape index (κ1) is 18.6. The van der Waals surface area contributed by atoms with Gasteiger partial charge in [0.05, 0.1) is 22.1 Å². The number of rotatable bonds is 6. The van der Waals surface area contributed by atoms with Crippen molar-refractivity contribution in [1.82, 2.24) is 5.32 Å². The summed E-state index contributed by atoms with van der Waals surface area (Å²) in [5, 5.41) is 3.47. The van der Waals surface area contributed by atoms with Crippen molar-refractivity contribution in [3.63, 3.8) is 0 Å². The van der Waals surface area contributed by atoms with E-state index in [2.05, 4.69) is 5.32 Å². The van der Waals surface area contributed by atoms with Gasteiger partial charge >= 0.3 is 5.97 Å². The highest BCUT2D eigenvalue weighted by molar-refractivity contribution is 7.98. The molecule has 5 nitrogen and oxygen atoms in total. The van der Waals surface area contributed by atoms with Crippen LogP contribution >= 0.6 is 34.7 Å². The molecule has 1 heterocycles. The summed E-state index contributed by atoms with van der Waals surface area (Å²) in [5.41, 5.74) is 6.80. The number of carbonyl (C=O) groups excluding carboxylic acids is 2. The Hall–Kier alpha value is -1.70. The van der Waals surface area contributed by atoms with E-state index in [0.717, 1.165) is 16.2 Å². The number of ether oxygens (including phenoxy) is 1. The van der Waals surface area contributed by atoms with Crippen LogP contribution in [0.4, 0.5) is 5.00 Å². The maximum absolute atomic E-state index is 12.2. The van der Waals surface area contributed by atoms with Crippen LogP contribution in [0.5, 0.6) is 0 Å². The van der Waals surface area contributed by atoms with E-state index in [1.165, 1.54) is 18.8 Å². The molecule has 8 heteroatoms. The molecule has 0 saturated carbocycles. The van der Waals surface area contributed by atoms with E-state index >= 15 is 0 Å². The fourth-order valence-corrected chi connectivity index (χ4v) is 4.44. The molecular weight excluding hydrogens is 368 g/mol. The van der Waals surface area contributed by atoms with E-state index in [9.17, 15) is 9.59 Å². The smallest absolute Gasteiger partial charge is 0.341 e. The molecule has 0 spiro atoms. The summed E-state index contributed by atoms with van der Waals surface area (Å²) < 4.78 is 5.07. The van der Waals surface area contributed by atoms with Crippen molar-refractivity contribution in [3.05, 3.63) is 45.3 Å². The van der Waals surface area contributed by atoms with Crippen molar-refractivity contribution < 1.29 is 14.3 Å². The molecule has 2 rings (SSSR count). The maximum Gasteiger partial charge on any atom is 0.341 e. The summed E-state index contributed by atoms with van der Waals surface area (Å²) in [7, 11) is 1.53. The number of nitrogens with two attached hydrogens (primary N) is 1. The number of amides is 1. The van der Waals surface area contributed by atoms with Crippen LogP contribution in [0.3, 0.4) is 0 Å². The second-order valence-corrected chi connectivity index (χ2v) is 7.14. The summed E-state index contributed by atoms with van der Waals surface area (Å²) in [6, 6.07) is 7.39. The minimum atomic E-state index is -0.517. The lowest BCUT2D eigenvalue weighted by Gasteiger charge is -2.08. The number of thioether (sulfide) groups is 1. The van der Waals surface area contributed by atoms with Gasteiger partial charge in [0.2, 0.25) is 0 Å². The van der Waals surface area contributed by atoms with Gasteiger partial charge in [0.25, 0.3) is 5.91 Å². The first-order chi connectivity index (χ1) is 11.5. The third-order valence-electron chi connectivity index (χ3n) is 3.16. The molecule has 0 bridgehead atoms. The lowest BCUT2D eigenvalue weighted by Crippen LogP contribution is -2.18. The molecule has 2 aromatic rings. The van der Waals surface area contributed by atoms with Gasteiger partial charge in [-0.15, -0.1) is 23.1 Å². The molecule has 0 saturated heterocycles. The van der Waals surface area contributed by atoms with Crippen molar-refractivity contribution in [2.75, 3.05) is 19.4 Å². The molecule has 128 valence electrons. The van der Waals surface area contributed by atoms with E-state index in [0.29, 0.717) is 21.2 Å². The van der Waals surface area contributed by atoms with Crippen LogP contribution in [0.15, 0.2) is 29.2 Å². The second-order valence-electron chi connectivity index (χ2n) is 4.67. The highest BCUT2D eigenvalue weighted by Crippen LogP contribution is 2.37. The summed E-state index contributed by atoms with van der Waals surface area (Å²) in [6.07, 6.45) is 0. The van der Waals surface area contributed by atoms with Gasteiger partial charge in [-0.1, -0.05) is 23.7 Å². The molecule has 0 fully saturated rings. The molecule has 0 atom stereocenters. The molecule has 24 heavy (non-hydrogen) atoms. The molecule has 3 N–H and O–H groups in total. The summed E-state index contributed by atoms with van der Waals surface area (Å²) in [5.74, 6) is -0.415. The van der Waals surface area contributed by atoms with Gasteiger partial charge in [0.1, 0.15) is 5.00 Å². The minimum Gasteiger partial charge on any atom is -0.462 e. The maximum atomic E-state index is 12.2. The number of carbonyl (C=O) groups is 2. The highest BCUT2D eigenvalue weighted by atomic mass is 35.5. The van der Waals surface area contributed by atoms with E-state index < -0.39 is 5.97 Å². The molecule has 1 aromatic heterocycles. The quantitative estimate of drug-likeness (QED) is 0.584. The van der Waals surface area contributed by atoms with Crippen LogP contribution in [0.25, 0.3) is 0 Å². The second kappa shape index (κ2) is 8.41. The molecule has 0 aliphatic carbocycles. The highest BCUT2D eigenvalue weighted by Gasteiger charge is 2.26. The van der Waals surface area contributed by atoms with Crippen LogP contribution in [0, 0.1) is 0 Å². The fourth-order valence-electron chi connectivity index (χ4n) is 2.06. The standard InChI is InChI=1S/C16H17ClN2O3S2/c1-3-22-16(21)12-9(13(15(20)19-2)24-14(12)18)8-23-11-7-5-4-6-10(11)17/h4-7H,3,8,18H2,1-2H3,(H,19,20). The number of benzene rings is 1. The zero-order chi connectivity index (χ0) is 17.7. The summed E-state index contributed by atoms with van der Waals surface area (Å²) >= 11 is 8.69. The van der Waals surface area contributed by atoms with Gasteiger partial charge in [-0.2, -0.15) is 0 Å². The van der Waals surface area contributed by atoms with Crippen molar-refractivity contribution >= 4 is 51.6 Å². The lowest BCUT2D eigenvalue weighted by atomic mass is 10.1. The fraction of sp³-hybridized carbons (Fsp3) is 0.250. The van der Waals surface area contributed by atoms with E-state index in [1.54, 1.807) is 13.0 Å². The zero-order valence-electron chi connectivity index (χ0n) is 13.2. The van der Waals surface area contributed by atoms with Gasteiger partial charge in [-0.3, -0.25) is 4.79 Å². The largest absolute Gasteiger partial charge is 0.462 e. The Morgan fingerprint density at radius 2 is 2.08 bits per heavy atom. The van der Waals surface area contributed by atoms with Crippen molar-refractivity contribution in [1.29, 1.82) is 0 Å². The number of esters is 1. The molecule has 1 amide bonds. The third kappa shape index (κ3) is 4.03. The minimum absolute atomic E-state index is 0.237. The van der Waals surface area contributed by atoms with E-state index in [-0.39, 0.29) is 23.1 Å². The molecule has 1 aromatic carbocycles. The number of nitrogen functional groups attached to an aromatic ring is 1. The average Bonchev–Trinajstić information content (AvgIpc) is 2.90. The number of hydrogen-bond donors (Lipinski definition) is 2. The molecular formula is C16H17ClN2O3S2. The topological polar surface area (TPSA) is 81.4 Å². The SMILES string of the molecule is CCOC(=O)c1c(N)sc(C(=O)NC)c1CSc1ccccc1Cl. The van der Waals surface area contributed by atoms with Crippen LogP contribution in [0.1, 0.15) is 32.5 Å². The van der Waals surface area contributed by atoms with Crippen LogP contribution in [0.2, 0.25) is 5.02 Å². The van der Waals surface area contributed by atoms with Crippen LogP contribution < -0.4 is 11.1 Å². The molecule has 0 aliphatic rings. The number of thiophene rings is 1. The Morgan fingerprint density at radius 3 is 2.71 bits per heavy atom. The predicted octanol–water partition coefficient (Wildman–Crippen LogP) is 3.81. The number of nitrogens with one attached hydrogen (secondary N) is 1. The number of halogens is 1. The lowest BCUT2D eigenvalue weighted by molar-refractivity contribution is 0.0527. The Balaban J connectivity index is 2.39. The van der Waals surface area contributed by atoms with Gasteiger partial charge in [-0.05, 0) is 19.1 Å². The predicted molar refractivity (Wildman–Crippen MR) is 99.1 cm³/mol. The molecule has 0 radical (unpaired) electrons. The van der Waals surface area contributed by atoms with E-state index in [4.69, 9.17) is 22.1 Å². The van der Waals surface area contributed by atoms with E-state index in [1.807, 2.05) is 18.2 Å². The normalized spacial score (nSPS) is 10.5. The molecule has 0 aliphatic heterocycles. The van der Waals surface area contributed by atoms with Crippen molar-refractivity contribution in [2.24, 2.45) is 0 Å². The van der Waals surface area contributed by atoms with Gasteiger partial charge in [-0.25, -0.2) is 4.79 Å². The van der Waals surface area contributed by atoms with Gasteiger partial charge < -0.3 is 15.8 Å². The van der Waals surface area contributed by atoms with Crippen molar-refractivity contribution in [3.8, 4) is 0 Å². The molecule has 0 unspecified atom stereocenters. The van der Waals surface area contributed by atoms with Gasteiger partial charge in [0, 0.05) is 23.3 Å². The third-order valence-corrected chi connectivity index (χ3v) is 5.76. The first-order valence-corrected chi connectivity index (χ1v) is 9.35. The average molecular weight is 385 g/mol. The Labute approximate surface area is 153 Å². The monoisotopic (exact) mass is 384 g/mol. The van der Waals surface area contributed by atoms with Crippen LogP contribution in [-0.2, 0) is 10.5 Å². The Morgan fingerprint density at radius 1 is 1.38 bits per heavy atom. The summed E-state index contributed by atoms with van der Waals surface area (Å²) in [6.45, 7) is 1.96. The number of hydrogen-bond acceptors (Lipinski definition) is 6. The first-order valence-electron chi connectivity index (χ1n) is 7.17. The zero-order valence-corrected chi connectivity index (χ0v) is 15.6. The number of anilines is 1. The van der Waals surface area contributed by atoms with Crippen molar-refractivity contribution in [2.45, 2.75) is 17.6 Å². The van der Waals surface area contributed by atoms with Gasteiger partial charge in [0.15, 0.2) is 0 Å². The summed E-state index contributed by atoms with van der Waals surface area (Å²) in [4.78, 5) is 25.6. The Kier molecular flexibility index (Phi) is 6.53.